The molecular weight excluding hydrogens is 324 g/mol. The van der Waals surface area contributed by atoms with Gasteiger partial charge in [-0.05, 0) is 31.4 Å². The minimum Gasteiger partial charge on any atom is -0.282 e. The SMILES string of the molecule is O=C1CCCN1C(=O)CSc1nnc(C2CC2)n1-c1ccccc1. The van der Waals surface area contributed by atoms with Crippen LogP contribution >= 0.6 is 11.8 Å². The number of carbonyl (C=O) groups excluding carboxylic acids is 2. The van der Waals surface area contributed by atoms with E-state index in [1.54, 1.807) is 0 Å². The Balaban J connectivity index is 1.55. The first-order chi connectivity index (χ1) is 11.7. The van der Waals surface area contributed by atoms with Crippen molar-refractivity contribution in [3.8, 4) is 5.69 Å². The van der Waals surface area contributed by atoms with Crippen LogP contribution in [-0.2, 0) is 9.59 Å². The molecule has 1 aromatic heterocycles. The van der Waals surface area contributed by atoms with Gasteiger partial charge in [0.05, 0.1) is 5.75 Å². The maximum atomic E-state index is 12.3. The van der Waals surface area contributed by atoms with Crippen LogP contribution in [0.25, 0.3) is 5.69 Å². The van der Waals surface area contributed by atoms with Crippen molar-refractivity contribution in [3.63, 3.8) is 0 Å². The van der Waals surface area contributed by atoms with E-state index in [2.05, 4.69) is 10.2 Å². The van der Waals surface area contributed by atoms with Gasteiger partial charge in [0.15, 0.2) is 5.16 Å². The summed E-state index contributed by atoms with van der Waals surface area (Å²) in [6.07, 6.45) is 3.51. The third-order valence-corrected chi connectivity index (χ3v) is 5.23. The van der Waals surface area contributed by atoms with Crippen molar-refractivity contribution in [2.45, 2.75) is 36.8 Å². The second-order valence-corrected chi connectivity index (χ2v) is 7.06. The molecule has 2 amide bonds. The standard InChI is InChI=1S/C17H18N4O2S/c22-14-7-4-10-20(14)15(23)11-24-17-19-18-16(12-8-9-12)21(17)13-5-2-1-3-6-13/h1-3,5-6,12H,4,7-11H2. The molecule has 1 aliphatic heterocycles. The summed E-state index contributed by atoms with van der Waals surface area (Å²) >= 11 is 1.35. The fourth-order valence-corrected chi connectivity index (χ4v) is 3.75. The molecule has 0 radical (unpaired) electrons. The van der Waals surface area contributed by atoms with E-state index < -0.39 is 0 Å². The van der Waals surface area contributed by atoms with Gasteiger partial charge in [-0.25, -0.2) is 0 Å². The van der Waals surface area contributed by atoms with Gasteiger partial charge in [-0.15, -0.1) is 10.2 Å². The molecule has 0 unspecified atom stereocenters. The quantitative estimate of drug-likeness (QED) is 0.781. The van der Waals surface area contributed by atoms with Gasteiger partial charge in [0, 0.05) is 24.6 Å². The number of nitrogens with zero attached hydrogens (tertiary/aromatic N) is 4. The van der Waals surface area contributed by atoms with Crippen LogP contribution in [0.3, 0.4) is 0 Å². The molecule has 0 spiro atoms. The second kappa shape index (κ2) is 6.39. The Morgan fingerprint density at radius 2 is 2.00 bits per heavy atom. The number of hydrogen-bond acceptors (Lipinski definition) is 5. The normalized spacial score (nSPS) is 17.5. The van der Waals surface area contributed by atoms with Crippen molar-refractivity contribution >= 4 is 23.6 Å². The molecule has 24 heavy (non-hydrogen) atoms. The first-order valence-electron chi connectivity index (χ1n) is 8.21. The maximum absolute atomic E-state index is 12.3. The third-order valence-electron chi connectivity index (χ3n) is 4.31. The van der Waals surface area contributed by atoms with Crippen LogP contribution in [0.1, 0.15) is 37.4 Å². The smallest absolute Gasteiger partial charge is 0.239 e. The van der Waals surface area contributed by atoms with Crippen molar-refractivity contribution in [2.24, 2.45) is 0 Å². The van der Waals surface area contributed by atoms with Gasteiger partial charge in [0.2, 0.25) is 11.8 Å². The highest BCUT2D eigenvalue weighted by atomic mass is 32.2. The van der Waals surface area contributed by atoms with Gasteiger partial charge in [0.1, 0.15) is 5.82 Å². The Hall–Kier alpha value is -2.15. The summed E-state index contributed by atoms with van der Waals surface area (Å²) in [6, 6.07) is 9.97. The lowest BCUT2D eigenvalue weighted by Crippen LogP contribution is -2.33. The Labute approximate surface area is 144 Å². The number of likely N-dealkylation sites (tertiary alicyclic amines) is 1. The first kappa shape index (κ1) is 15.4. The summed E-state index contributed by atoms with van der Waals surface area (Å²) in [7, 11) is 0. The van der Waals surface area contributed by atoms with E-state index >= 15 is 0 Å². The molecule has 1 aromatic carbocycles. The fourth-order valence-electron chi connectivity index (χ4n) is 2.92. The van der Waals surface area contributed by atoms with Crippen molar-refractivity contribution in [1.29, 1.82) is 0 Å². The minimum absolute atomic E-state index is 0.0659. The van der Waals surface area contributed by atoms with Crippen LogP contribution in [0.5, 0.6) is 0 Å². The van der Waals surface area contributed by atoms with Crippen LogP contribution in [0.4, 0.5) is 0 Å². The van der Waals surface area contributed by atoms with Crippen molar-refractivity contribution < 1.29 is 9.59 Å². The van der Waals surface area contributed by atoms with E-state index in [9.17, 15) is 9.59 Å². The van der Waals surface area contributed by atoms with Gasteiger partial charge in [-0.2, -0.15) is 0 Å². The molecule has 1 aliphatic carbocycles. The van der Waals surface area contributed by atoms with E-state index in [1.165, 1.54) is 16.7 Å². The molecule has 2 aromatic rings. The summed E-state index contributed by atoms with van der Waals surface area (Å²) in [5, 5.41) is 9.35. The molecule has 1 saturated carbocycles. The van der Waals surface area contributed by atoms with Crippen LogP contribution in [0.15, 0.2) is 35.5 Å². The lowest BCUT2D eigenvalue weighted by molar-refractivity contribution is -0.140. The van der Waals surface area contributed by atoms with E-state index in [0.717, 1.165) is 30.8 Å². The lowest BCUT2D eigenvalue weighted by Gasteiger charge is -2.13. The molecule has 2 heterocycles. The maximum Gasteiger partial charge on any atom is 0.239 e. The summed E-state index contributed by atoms with van der Waals surface area (Å²) in [5.74, 6) is 1.43. The highest BCUT2D eigenvalue weighted by Crippen LogP contribution is 2.41. The summed E-state index contributed by atoms with van der Waals surface area (Å²) in [5.41, 5.74) is 1.01. The average molecular weight is 342 g/mol. The molecule has 0 atom stereocenters. The minimum atomic E-state index is -0.141. The van der Waals surface area contributed by atoms with Crippen LogP contribution in [0.2, 0.25) is 0 Å². The number of carbonyl (C=O) groups is 2. The average Bonchev–Trinajstić information content (AvgIpc) is 3.22. The predicted octanol–water partition coefficient (Wildman–Crippen LogP) is 2.39. The third kappa shape index (κ3) is 2.96. The number of hydrogen-bond donors (Lipinski definition) is 0. The molecule has 0 N–H and O–H groups in total. The van der Waals surface area contributed by atoms with Crippen LogP contribution in [0, 0.1) is 0 Å². The zero-order valence-electron chi connectivity index (χ0n) is 13.2. The summed E-state index contributed by atoms with van der Waals surface area (Å²) in [4.78, 5) is 25.3. The topological polar surface area (TPSA) is 68.1 Å². The monoisotopic (exact) mass is 342 g/mol. The lowest BCUT2D eigenvalue weighted by atomic mass is 10.3. The predicted molar refractivity (Wildman–Crippen MR) is 90.0 cm³/mol. The molecular formula is C17H18N4O2S. The Morgan fingerprint density at radius 1 is 1.21 bits per heavy atom. The number of thioether (sulfide) groups is 1. The first-order valence-corrected chi connectivity index (χ1v) is 9.19. The number of benzene rings is 1. The Morgan fingerprint density at radius 3 is 2.67 bits per heavy atom. The van der Waals surface area contributed by atoms with Gasteiger partial charge in [-0.3, -0.25) is 19.1 Å². The van der Waals surface area contributed by atoms with Crippen LogP contribution in [-0.4, -0.2) is 43.8 Å². The highest BCUT2D eigenvalue weighted by Gasteiger charge is 2.32. The van der Waals surface area contributed by atoms with Crippen molar-refractivity contribution in [1.82, 2.24) is 19.7 Å². The van der Waals surface area contributed by atoms with E-state index in [4.69, 9.17) is 0 Å². The van der Waals surface area contributed by atoms with Gasteiger partial charge in [-0.1, -0.05) is 30.0 Å². The van der Waals surface area contributed by atoms with E-state index in [1.807, 2.05) is 34.9 Å². The Bertz CT molecular complexity index is 770. The molecule has 124 valence electrons. The van der Waals surface area contributed by atoms with Gasteiger partial charge >= 0.3 is 0 Å². The largest absolute Gasteiger partial charge is 0.282 e. The molecule has 4 rings (SSSR count). The summed E-state index contributed by atoms with van der Waals surface area (Å²) < 4.78 is 2.04. The molecule has 0 bridgehead atoms. The zero-order chi connectivity index (χ0) is 16.5. The van der Waals surface area contributed by atoms with Crippen molar-refractivity contribution in [2.75, 3.05) is 12.3 Å². The second-order valence-electron chi connectivity index (χ2n) is 6.12. The Kier molecular flexibility index (Phi) is 4.10. The number of rotatable bonds is 5. The fraction of sp³-hybridized carbons (Fsp3) is 0.412. The highest BCUT2D eigenvalue weighted by molar-refractivity contribution is 7.99. The zero-order valence-corrected chi connectivity index (χ0v) is 14.0. The molecule has 1 saturated heterocycles. The molecule has 7 heteroatoms. The molecule has 6 nitrogen and oxygen atoms in total. The number of amides is 2. The molecule has 2 fully saturated rings. The van der Waals surface area contributed by atoms with Gasteiger partial charge < -0.3 is 0 Å². The summed E-state index contributed by atoms with van der Waals surface area (Å²) in [6.45, 7) is 0.539. The van der Waals surface area contributed by atoms with E-state index in [0.29, 0.717) is 24.0 Å². The van der Waals surface area contributed by atoms with Crippen molar-refractivity contribution in [3.05, 3.63) is 36.2 Å². The van der Waals surface area contributed by atoms with Gasteiger partial charge in [0.25, 0.3) is 0 Å². The van der Waals surface area contributed by atoms with Crippen LogP contribution < -0.4 is 0 Å². The van der Waals surface area contributed by atoms with E-state index in [-0.39, 0.29) is 17.6 Å². The number of aromatic nitrogens is 3. The molecule has 2 aliphatic rings. The number of para-hydroxylation sites is 1. The number of imide groups is 1.